The second kappa shape index (κ2) is 6.38. The summed E-state index contributed by atoms with van der Waals surface area (Å²) in [5.74, 6) is -0.139. The second-order valence-electron chi connectivity index (χ2n) is 4.65. The first-order chi connectivity index (χ1) is 8.51. The largest absolute Gasteiger partial charge is 0.385 e. The highest BCUT2D eigenvalue weighted by atomic mass is 19.1. The molecule has 0 saturated carbocycles. The Morgan fingerprint density at radius 2 is 2.11 bits per heavy atom. The van der Waals surface area contributed by atoms with E-state index in [1.807, 2.05) is 6.92 Å². The molecule has 0 aliphatic heterocycles. The van der Waals surface area contributed by atoms with Gasteiger partial charge in [0.15, 0.2) is 0 Å². The molecule has 1 N–H and O–H groups in total. The first kappa shape index (κ1) is 14.5. The predicted molar refractivity (Wildman–Crippen MR) is 72.4 cm³/mol. The molecule has 0 saturated heterocycles. The lowest BCUT2D eigenvalue weighted by Crippen LogP contribution is -2.34. The minimum Gasteiger partial charge on any atom is -0.385 e. The van der Waals surface area contributed by atoms with Crippen LogP contribution in [0.4, 0.5) is 10.1 Å². The average molecular weight is 252 g/mol. The zero-order chi connectivity index (χ0) is 13.7. The molecule has 0 aliphatic carbocycles. The van der Waals surface area contributed by atoms with Crippen LogP contribution in [-0.2, 0) is 0 Å². The fourth-order valence-electron chi connectivity index (χ4n) is 1.92. The molecular weight excluding hydrogens is 231 g/mol. The minimum atomic E-state index is -0.399. The molecule has 1 rings (SSSR count). The molecule has 0 fully saturated rings. The van der Waals surface area contributed by atoms with E-state index in [-0.39, 0.29) is 11.6 Å². The monoisotopic (exact) mass is 252 g/mol. The molecule has 0 aromatic heterocycles. The Bertz CT molecular complexity index is 418. The highest BCUT2D eigenvalue weighted by Gasteiger charge is 2.19. The number of hydrogen-bond donors (Lipinski definition) is 1. The zero-order valence-electron chi connectivity index (χ0n) is 11.5. The van der Waals surface area contributed by atoms with Crippen molar-refractivity contribution in [3.8, 4) is 0 Å². The molecule has 0 radical (unpaired) electrons. The number of carbonyl (C=O) groups excluding carboxylic acids is 1. The Morgan fingerprint density at radius 1 is 1.44 bits per heavy atom. The quantitative estimate of drug-likeness (QED) is 0.873. The zero-order valence-corrected chi connectivity index (χ0v) is 11.5. The Kier molecular flexibility index (Phi) is 5.13. The number of hydrogen-bond acceptors (Lipinski definition) is 2. The van der Waals surface area contributed by atoms with Crippen LogP contribution in [0.5, 0.6) is 0 Å². The molecule has 0 atom stereocenters. The number of benzene rings is 1. The summed E-state index contributed by atoms with van der Waals surface area (Å²) in [6, 6.07) is 4.56. The molecular formula is C14H21FN2O. The maximum absolute atomic E-state index is 13.6. The number of anilines is 1. The normalized spacial score (nSPS) is 10.6. The van der Waals surface area contributed by atoms with Gasteiger partial charge < -0.3 is 10.2 Å². The van der Waals surface area contributed by atoms with Crippen LogP contribution in [0, 0.1) is 11.7 Å². The van der Waals surface area contributed by atoms with Gasteiger partial charge in [0.25, 0.3) is 5.91 Å². The summed E-state index contributed by atoms with van der Waals surface area (Å²) in [5, 5.41) is 2.75. The molecule has 0 bridgehead atoms. The van der Waals surface area contributed by atoms with Crippen LogP contribution in [-0.4, -0.2) is 30.9 Å². The Balaban J connectivity index is 3.05. The summed E-state index contributed by atoms with van der Waals surface area (Å²) in [5.41, 5.74) is 0.657. The van der Waals surface area contributed by atoms with Crippen LogP contribution in [0.1, 0.15) is 31.1 Å². The van der Waals surface area contributed by atoms with Gasteiger partial charge in [0.2, 0.25) is 0 Å². The summed E-state index contributed by atoms with van der Waals surface area (Å²) < 4.78 is 13.6. The van der Waals surface area contributed by atoms with Crippen molar-refractivity contribution in [3.05, 3.63) is 29.6 Å². The number of amides is 1. The van der Waals surface area contributed by atoms with Gasteiger partial charge in [-0.3, -0.25) is 4.79 Å². The number of carbonyl (C=O) groups is 1. The fourth-order valence-corrected chi connectivity index (χ4v) is 1.92. The van der Waals surface area contributed by atoms with Gasteiger partial charge >= 0.3 is 0 Å². The number of nitrogens with zero attached hydrogens (tertiary/aromatic N) is 1. The van der Waals surface area contributed by atoms with Crippen molar-refractivity contribution in [2.75, 3.05) is 25.5 Å². The van der Waals surface area contributed by atoms with Gasteiger partial charge in [0.1, 0.15) is 5.82 Å². The van der Waals surface area contributed by atoms with Gasteiger partial charge in [0.05, 0.1) is 11.3 Å². The summed E-state index contributed by atoms with van der Waals surface area (Å²) in [6.07, 6.45) is 0. The van der Waals surface area contributed by atoms with Crippen molar-refractivity contribution in [1.29, 1.82) is 0 Å². The molecule has 0 spiro atoms. The third-order valence-electron chi connectivity index (χ3n) is 2.75. The summed E-state index contributed by atoms with van der Waals surface area (Å²) >= 11 is 0. The van der Waals surface area contributed by atoms with E-state index in [4.69, 9.17) is 0 Å². The van der Waals surface area contributed by atoms with Gasteiger partial charge in [-0.25, -0.2) is 4.39 Å². The molecule has 1 amide bonds. The van der Waals surface area contributed by atoms with E-state index in [0.29, 0.717) is 24.6 Å². The molecule has 1 aromatic rings. The average Bonchev–Trinajstić information content (AvgIpc) is 2.34. The van der Waals surface area contributed by atoms with E-state index < -0.39 is 5.82 Å². The number of para-hydroxylation sites is 1. The first-order valence-electron chi connectivity index (χ1n) is 6.26. The van der Waals surface area contributed by atoms with E-state index in [1.165, 1.54) is 6.07 Å². The first-order valence-corrected chi connectivity index (χ1v) is 6.26. The minimum absolute atomic E-state index is 0.130. The highest BCUT2D eigenvalue weighted by Crippen LogP contribution is 2.21. The number of nitrogens with one attached hydrogen (secondary N) is 1. The SMILES string of the molecule is CCN(CC(C)C)C(=O)c1cccc(F)c1NC. The molecule has 0 heterocycles. The van der Waals surface area contributed by atoms with Crippen LogP contribution in [0.25, 0.3) is 0 Å². The lowest BCUT2D eigenvalue weighted by atomic mass is 10.1. The van der Waals surface area contributed by atoms with Crippen LogP contribution < -0.4 is 5.32 Å². The Hall–Kier alpha value is -1.58. The van der Waals surface area contributed by atoms with Crippen molar-refractivity contribution >= 4 is 11.6 Å². The lowest BCUT2D eigenvalue weighted by molar-refractivity contribution is 0.0746. The third kappa shape index (κ3) is 3.22. The number of halogens is 1. The molecule has 4 heteroatoms. The summed E-state index contributed by atoms with van der Waals surface area (Å²) in [6.45, 7) is 7.34. The van der Waals surface area contributed by atoms with Crippen molar-refractivity contribution in [1.82, 2.24) is 4.90 Å². The van der Waals surface area contributed by atoms with E-state index in [1.54, 1.807) is 24.1 Å². The van der Waals surface area contributed by atoms with Crippen LogP contribution in [0.2, 0.25) is 0 Å². The van der Waals surface area contributed by atoms with Crippen molar-refractivity contribution < 1.29 is 9.18 Å². The van der Waals surface area contributed by atoms with E-state index in [0.717, 1.165) is 0 Å². The van der Waals surface area contributed by atoms with E-state index in [2.05, 4.69) is 19.2 Å². The van der Waals surface area contributed by atoms with Gasteiger partial charge in [-0.2, -0.15) is 0 Å². The van der Waals surface area contributed by atoms with Gasteiger partial charge in [-0.15, -0.1) is 0 Å². The van der Waals surface area contributed by atoms with Crippen molar-refractivity contribution in [3.63, 3.8) is 0 Å². The van der Waals surface area contributed by atoms with Crippen LogP contribution in [0.3, 0.4) is 0 Å². The number of rotatable bonds is 5. The summed E-state index contributed by atoms with van der Waals surface area (Å²) in [7, 11) is 1.62. The van der Waals surface area contributed by atoms with Crippen LogP contribution in [0.15, 0.2) is 18.2 Å². The molecule has 0 aliphatic rings. The standard InChI is InChI=1S/C14H21FN2O/c1-5-17(9-10(2)3)14(18)11-7-6-8-12(15)13(11)16-4/h6-8,10,16H,5,9H2,1-4H3. The lowest BCUT2D eigenvalue weighted by Gasteiger charge is -2.24. The second-order valence-corrected chi connectivity index (χ2v) is 4.65. The highest BCUT2D eigenvalue weighted by molar-refractivity contribution is 5.99. The fraction of sp³-hybridized carbons (Fsp3) is 0.500. The molecule has 100 valence electrons. The van der Waals surface area contributed by atoms with Gasteiger partial charge in [0, 0.05) is 20.1 Å². The van der Waals surface area contributed by atoms with Gasteiger partial charge in [-0.05, 0) is 25.0 Å². The molecule has 3 nitrogen and oxygen atoms in total. The maximum atomic E-state index is 13.6. The maximum Gasteiger partial charge on any atom is 0.256 e. The van der Waals surface area contributed by atoms with Gasteiger partial charge in [-0.1, -0.05) is 19.9 Å². The van der Waals surface area contributed by atoms with Crippen molar-refractivity contribution in [2.45, 2.75) is 20.8 Å². The smallest absolute Gasteiger partial charge is 0.256 e. The topological polar surface area (TPSA) is 32.3 Å². The van der Waals surface area contributed by atoms with Crippen molar-refractivity contribution in [2.24, 2.45) is 5.92 Å². The Morgan fingerprint density at radius 3 is 2.61 bits per heavy atom. The summed E-state index contributed by atoms with van der Waals surface area (Å²) in [4.78, 5) is 14.1. The molecule has 0 unspecified atom stereocenters. The van der Waals surface area contributed by atoms with Crippen LogP contribution >= 0.6 is 0 Å². The predicted octanol–water partition coefficient (Wildman–Crippen LogP) is 2.99. The third-order valence-corrected chi connectivity index (χ3v) is 2.75. The van der Waals surface area contributed by atoms with E-state index in [9.17, 15) is 9.18 Å². The van der Waals surface area contributed by atoms with E-state index >= 15 is 0 Å². The Labute approximate surface area is 108 Å². The molecule has 18 heavy (non-hydrogen) atoms. The molecule has 1 aromatic carbocycles.